The number of nitrogens with zero attached hydrogens (tertiary/aromatic N) is 3. The number of primary amides is 1. The van der Waals surface area contributed by atoms with E-state index in [-0.39, 0.29) is 5.82 Å². The van der Waals surface area contributed by atoms with Crippen molar-refractivity contribution < 1.29 is 4.79 Å². The SMILES string of the molecule is CN(CC#N)Cc1cnc(C(N)=O)[nH]1. The van der Waals surface area contributed by atoms with Crippen molar-refractivity contribution in [3.05, 3.63) is 17.7 Å². The number of hydrogen-bond acceptors (Lipinski definition) is 4. The third-order valence-electron chi connectivity index (χ3n) is 1.64. The number of imidazole rings is 1. The Morgan fingerprint density at radius 3 is 3.07 bits per heavy atom. The lowest BCUT2D eigenvalue weighted by molar-refractivity contribution is 0.0991. The number of nitrogens with one attached hydrogen (secondary N) is 1. The van der Waals surface area contributed by atoms with E-state index in [1.807, 2.05) is 6.07 Å². The predicted octanol–water partition coefficient (Wildman–Crippen LogP) is -0.536. The van der Waals surface area contributed by atoms with Crippen LogP contribution in [0.5, 0.6) is 0 Å². The van der Waals surface area contributed by atoms with Crippen LogP contribution >= 0.6 is 0 Å². The molecular weight excluding hydrogens is 182 g/mol. The first-order valence-corrected chi connectivity index (χ1v) is 4.02. The summed E-state index contributed by atoms with van der Waals surface area (Å²) in [4.78, 5) is 19.0. The molecule has 0 bridgehead atoms. The number of rotatable bonds is 4. The number of nitriles is 1. The van der Waals surface area contributed by atoms with Gasteiger partial charge in [0.1, 0.15) is 0 Å². The molecule has 0 radical (unpaired) electrons. The van der Waals surface area contributed by atoms with Crippen LogP contribution < -0.4 is 5.73 Å². The second-order valence-electron chi connectivity index (χ2n) is 2.95. The van der Waals surface area contributed by atoms with E-state index >= 15 is 0 Å². The van der Waals surface area contributed by atoms with E-state index in [1.54, 1.807) is 11.9 Å². The number of aromatic amines is 1. The summed E-state index contributed by atoms with van der Waals surface area (Å²) in [6.07, 6.45) is 1.54. The molecule has 0 aromatic carbocycles. The number of hydrogen-bond donors (Lipinski definition) is 2. The zero-order valence-corrected chi connectivity index (χ0v) is 7.82. The van der Waals surface area contributed by atoms with Gasteiger partial charge in [0, 0.05) is 12.2 Å². The Kier molecular flexibility index (Phi) is 3.20. The Bertz CT molecular complexity index is 364. The summed E-state index contributed by atoms with van der Waals surface area (Å²) in [6.45, 7) is 0.860. The van der Waals surface area contributed by atoms with Gasteiger partial charge in [-0.05, 0) is 7.05 Å². The van der Waals surface area contributed by atoms with Crippen LogP contribution in [0.3, 0.4) is 0 Å². The highest BCUT2D eigenvalue weighted by atomic mass is 16.1. The zero-order valence-electron chi connectivity index (χ0n) is 7.82. The Balaban J connectivity index is 2.60. The monoisotopic (exact) mass is 193 g/mol. The molecule has 1 amide bonds. The van der Waals surface area contributed by atoms with E-state index in [9.17, 15) is 4.79 Å². The van der Waals surface area contributed by atoms with E-state index in [0.717, 1.165) is 5.69 Å². The summed E-state index contributed by atoms with van der Waals surface area (Å²) in [6, 6.07) is 2.02. The van der Waals surface area contributed by atoms with Gasteiger partial charge in [0.15, 0.2) is 5.82 Å². The molecule has 1 rings (SSSR count). The molecule has 0 saturated heterocycles. The van der Waals surface area contributed by atoms with Crippen LogP contribution in [0.1, 0.15) is 16.3 Å². The summed E-state index contributed by atoms with van der Waals surface area (Å²) in [5.41, 5.74) is 5.78. The maximum atomic E-state index is 10.7. The Labute approximate surface area is 81.3 Å². The first-order chi connectivity index (χ1) is 6.63. The Morgan fingerprint density at radius 1 is 1.86 bits per heavy atom. The van der Waals surface area contributed by atoms with Crippen molar-refractivity contribution in [1.29, 1.82) is 5.26 Å². The van der Waals surface area contributed by atoms with Gasteiger partial charge in [0.05, 0.1) is 18.8 Å². The summed E-state index contributed by atoms with van der Waals surface area (Å²) in [7, 11) is 1.80. The average molecular weight is 193 g/mol. The van der Waals surface area contributed by atoms with Gasteiger partial charge in [-0.3, -0.25) is 9.69 Å². The van der Waals surface area contributed by atoms with Crippen molar-refractivity contribution in [1.82, 2.24) is 14.9 Å². The van der Waals surface area contributed by atoms with Crippen molar-refractivity contribution >= 4 is 5.91 Å². The number of carbonyl (C=O) groups is 1. The molecular formula is C8H11N5O. The molecule has 1 aromatic heterocycles. The molecule has 0 fully saturated rings. The molecule has 6 nitrogen and oxygen atoms in total. The van der Waals surface area contributed by atoms with Crippen molar-refractivity contribution in [2.24, 2.45) is 5.73 Å². The van der Waals surface area contributed by atoms with Crippen LogP contribution in [0.25, 0.3) is 0 Å². The third kappa shape index (κ3) is 2.57. The van der Waals surface area contributed by atoms with Gasteiger partial charge < -0.3 is 10.7 Å². The smallest absolute Gasteiger partial charge is 0.284 e. The van der Waals surface area contributed by atoms with Gasteiger partial charge in [0.2, 0.25) is 0 Å². The third-order valence-corrected chi connectivity index (χ3v) is 1.64. The van der Waals surface area contributed by atoms with Gasteiger partial charge in [0.25, 0.3) is 5.91 Å². The minimum absolute atomic E-state index is 0.144. The van der Waals surface area contributed by atoms with E-state index in [4.69, 9.17) is 11.0 Å². The number of H-pyrrole nitrogens is 1. The van der Waals surface area contributed by atoms with Gasteiger partial charge >= 0.3 is 0 Å². The molecule has 0 aliphatic rings. The van der Waals surface area contributed by atoms with E-state index in [2.05, 4.69) is 9.97 Å². The molecule has 0 unspecified atom stereocenters. The maximum Gasteiger partial charge on any atom is 0.284 e. The summed E-state index contributed by atoms with van der Waals surface area (Å²) < 4.78 is 0. The molecule has 0 atom stereocenters. The number of carbonyl (C=O) groups excluding carboxylic acids is 1. The number of nitrogens with two attached hydrogens (primary N) is 1. The zero-order chi connectivity index (χ0) is 10.6. The number of amides is 1. The fourth-order valence-electron chi connectivity index (χ4n) is 1.03. The van der Waals surface area contributed by atoms with Crippen molar-refractivity contribution in [3.8, 4) is 6.07 Å². The van der Waals surface area contributed by atoms with Crippen LogP contribution in [0.4, 0.5) is 0 Å². The highest BCUT2D eigenvalue weighted by Gasteiger charge is 2.06. The van der Waals surface area contributed by atoms with Crippen molar-refractivity contribution in [2.75, 3.05) is 13.6 Å². The van der Waals surface area contributed by atoms with E-state index < -0.39 is 5.91 Å². The quantitative estimate of drug-likeness (QED) is 0.627. The Hall–Kier alpha value is -1.87. The molecule has 14 heavy (non-hydrogen) atoms. The van der Waals surface area contributed by atoms with Crippen molar-refractivity contribution in [2.45, 2.75) is 6.54 Å². The summed E-state index contributed by atoms with van der Waals surface area (Å²) in [5.74, 6) is -0.440. The van der Waals surface area contributed by atoms with E-state index in [1.165, 1.54) is 6.20 Å². The topological polar surface area (TPSA) is 98.8 Å². The number of aromatic nitrogens is 2. The molecule has 0 aliphatic heterocycles. The largest absolute Gasteiger partial charge is 0.363 e. The minimum Gasteiger partial charge on any atom is -0.363 e. The standard InChI is InChI=1S/C8H11N5O/c1-13(3-2-9)5-6-4-11-8(12-6)7(10)14/h4H,3,5H2,1H3,(H2,10,14)(H,11,12). The van der Waals surface area contributed by atoms with Crippen LogP contribution in [-0.2, 0) is 6.54 Å². The molecule has 6 heteroatoms. The van der Waals surface area contributed by atoms with Crippen LogP contribution in [0, 0.1) is 11.3 Å². The second-order valence-corrected chi connectivity index (χ2v) is 2.95. The van der Waals surface area contributed by atoms with Gasteiger partial charge in [-0.1, -0.05) is 0 Å². The lowest BCUT2D eigenvalue weighted by Gasteiger charge is -2.09. The first kappa shape index (κ1) is 10.2. The highest BCUT2D eigenvalue weighted by molar-refractivity contribution is 5.88. The lowest BCUT2D eigenvalue weighted by atomic mass is 10.4. The van der Waals surface area contributed by atoms with Gasteiger partial charge in [-0.25, -0.2) is 4.98 Å². The average Bonchev–Trinajstić information content (AvgIpc) is 2.53. The summed E-state index contributed by atoms with van der Waals surface area (Å²) in [5, 5.41) is 8.42. The molecule has 0 aliphatic carbocycles. The van der Waals surface area contributed by atoms with Gasteiger partial charge in [-0.15, -0.1) is 0 Å². The molecule has 0 spiro atoms. The second kappa shape index (κ2) is 4.39. The van der Waals surface area contributed by atoms with Gasteiger partial charge in [-0.2, -0.15) is 5.26 Å². The fourth-order valence-corrected chi connectivity index (χ4v) is 1.03. The molecule has 3 N–H and O–H groups in total. The maximum absolute atomic E-state index is 10.7. The molecule has 0 saturated carbocycles. The molecule has 1 aromatic rings. The molecule has 1 heterocycles. The van der Waals surface area contributed by atoms with E-state index in [0.29, 0.717) is 13.1 Å². The fraction of sp³-hybridized carbons (Fsp3) is 0.375. The normalized spacial score (nSPS) is 10.1. The summed E-state index contributed by atoms with van der Waals surface area (Å²) >= 11 is 0. The Morgan fingerprint density at radius 2 is 2.57 bits per heavy atom. The highest BCUT2D eigenvalue weighted by Crippen LogP contribution is 1.99. The lowest BCUT2D eigenvalue weighted by Crippen LogP contribution is -2.18. The van der Waals surface area contributed by atoms with Crippen molar-refractivity contribution in [3.63, 3.8) is 0 Å². The first-order valence-electron chi connectivity index (χ1n) is 4.02. The van der Waals surface area contributed by atoms with Crippen LogP contribution in [0.2, 0.25) is 0 Å². The molecule has 74 valence electrons. The van der Waals surface area contributed by atoms with Crippen LogP contribution in [-0.4, -0.2) is 34.4 Å². The van der Waals surface area contributed by atoms with Crippen LogP contribution in [0.15, 0.2) is 6.20 Å². The predicted molar refractivity (Wildman–Crippen MR) is 49.1 cm³/mol. The minimum atomic E-state index is -0.584.